The van der Waals surface area contributed by atoms with Crippen LogP contribution >= 0.6 is 11.6 Å². The Labute approximate surface area is 168 Å². The largest absolute Gasteiger partial charge is 0.426 e. The third-order valence-electron chi connectivity index (χ3n) is 5.15. The lowest BCUT2D eigenvalue weighted by atomic mass is 9.96. The van der Waals surface area contributed by atoms with Crippen LogP contribution in [0.25, 0.3) is 10.8 Å². The third kappa shape index (κ3) is 4.02. The highest BCUT2D eigenvalue weighted by Crippen LogP contribution is 2.25. The summed E-state index contributed by atoms with van der Waals surface area (Å²) >= 11 is 5.88. The number of carbonyl (C=O) groups excluding carboxylic acids is 2. The number of fused-ring (bicyclic) bond motifs is 1. The maximum Gasteiger partial charge on any atom is 0.314 e. The van der Waals surface area contributed by atoms with Crippen LogP contribution in [0.4, 0.5) is 0 Å². The molecule has 4 rings (SSSR count). The Bertz CT molecular complexity index is 1010. The van der Waals surface area contributed by atoms with Crippen LogP contribution in [0.2, 0.25) is 5.02 Å². The van der Waals surface area contributed by atoms with Gasteiger partial charge in [-0.15, -0.1) is 0 Å². The molecule has 142 valence electrons. The van der Waals surface area contributed by atoms with Gasteiger partial charge in [0.05, 0.1) is 5.92 Å². The van der Waals surface area contributed by atoms with Crippen LogP contribution in [0.1, 0.15) is 23.2 Å². The van der Waals surface area contributed by atoms with Gasteiger partial charge in [0.2, 0.25) is 0 Å². The zero-order valence-electron chi connectivity index (χ0n) is 15.3. The van der Waals surface area contributed by atoms with Gasteiger partial charge in [-0.25, -0.2) is 0 Å². The summed E-state index contributed by atoms with van der Waals surface area (Å²) in [7, 11) is 0. The molecule has 1 amide bonds. The molecule has 1 aliphatic heterocycles. The lowest BCUT2D eigenvalue weighted by Gasteiger charge is -2.31. The Morgan fingerprint density at radius 2 is 1.57 bits per heavy atom. The molecule has 1 saturated heterocycles. The van der Waals surface area contributed by atoms with E-state index in [-0.39, 0.29) is 17.8 Å². The van der Waals surface area contributed by atoms with Crippen molar-refractivity contribution < 1.29 is 14.3 Å². The highest BCUT2D eigenvalue weighted by atomic mass is 35.5. The van der Waals surface area contributed by atoms with Crippen molar-refractivity contribution in [3.8, 4) is 5.75 Å². The van der Waals surface area contributed by atoms with Crippen molar-refractivity contribution in [1.29, 1.82) is 0 Å². The van der Waals surface area contributed by atoms with Crippen LogP contribution in [-0.2, 0) is 4.79 Å². The van der Waals surface area contributed by atoms with Gasteiger partial charge in [-0.1, -0.05) is 41.9 Å². The number of amides is 1. The maximum absolute atomic E-state index is 12.6. The summed E-state index contributed by atoms with van der Waals surface area (Å²) in [4.78, 5) is 26.9. The molecule has 0 aromatic heterocycles. The van der Waals surface area contributed by atoms with Crippen molar-refractivity contribution in [3.05, 3.63) is 77.3 Å². The number of rotatable bonds is 3. The molecule has 0 aliphatic carbocycles. The molecule has 3 aromatic rings. The van der Waals surface area contributed by atoms with Crippen LogP contribution in [0.5, 0.6) is 5.75 Å². The summed E-state index contributed by atoms with van der Waals surface area (Å²) in [5.41, 5.74) is 0.613. The number of piperidine rings is 1. The van der Waals surface area contributed by atoms with Gasteiger partial charge in [0, 0.05) is 23.7 Å². The minimum atomic E-state index is -0.228. The number of carbonyl (C=O) groups is 2. The van der Waals surface area contributed by atoms with Crippen molar-refractivity contribution in [3.63, 3.8) is 0 Å². The van der Waals surface area contributed by atoms with Crippen molar-refractivity contribution in [1.82, 2.24) is 4.90 Å². The number of hydrogen-bond acceptors (Lipinski definition) is 3. The topological polar surface area (TPSA) is 46.6 Å². The quantitative estimate of drug-likeness (QED) is 0.467. The number of nitrogens with zero attached hydrogens (tertiary/aromatic N) is 1. The predicted octanol–water partition coefficient (Wildman–Crippen LogP) is 4.95. The van der Waals surface area contributed by atoms with E-state index < -0.39 is 0 Å². The Morgan fingerprint density at radius 1 is 0.893 bits per heavy atom. The number of halogens is 1. The standard InChI is InChI=1S/C23H20ClNO3/c24-20-8-5-17(6-9-20)22(26)25-13-11-18(12-14-25)23(27)28-21-10-7-16-3-1-2-4-19(16)15-21/h1-10,15,18H,11-14H2. The fourth-order valence-electron chi connectivity index (χ4n) is 3.52. The molecule has 1 aliphatic rings. The summed E-state index contributed by atoms with van der Waals surface area (Å²) in [6, 6.07) is 20.5. The zero-order chi connectivity index (χ0) is 19.5. The van der Waals surface area contributed by atoms with Crippen molar-refractivity contribution in [2.45, 2.75) is 12.8 Å². The number of hydrogen-bond donors (Lipinski definition) is 0. The van der Waals surface area contributed by atoms with Crippen LogP contribution < -0.4 is 4.74 Å². The average Bonchev–Trinajstić information content (AvgIpc) is 2.74. The van der Waals surface area contributed by atoms with Gasteiger partial charge < -0.3 is 9.64 Å². The monoisotopic (exact) mass is 393 g/mol. The maximum atomic E-state index is 12.6. The van der Waals surface area contributed by atoms with E-state index >= 15 is 0 Å². The van der Waals surface area contributed by atoms with E-state index in [0.717, 1.165) is 10.8 Å². The Balaban J connectivity index is 1.35. The number of likely N-dealkylation sites (tertiary alicyclic amines) is 1. The first-order valence-electron chi connectivity index (χ1n) is 9.35. The molecule has 4 nitrogen and oxygen atoms in total. The lowest BCUT2D eigenvalue weighted by molar-refractivity contribution is -0.140. The Kier molecular flexibility index (Phi) is 5.31. The van der Waals surface area contributed by atoms with E-state index in [0.29, 0.717) is 42.3 Å². The molecule has 0 N–H and O–H groups in total. The minimum Gasteiger partial charge on any atom is -0.426 e. The lowest BCUT2D eigenvalue weighted by Crippen LogP contribution is -2.41. The number of benzene rings is 3. The Morgan fingerprint density at radius 3 is 2.29 bits per heavy atom. The molecule has 0 atom stereocenters. The van der Waals surface area contributed by atoms with E-state index in [2.05, 4.69) is 0 Å². The number of ether oxygens (including phenoxy) is 1. The molecular weight excluding hydrogens is 374 g/mol. The van der Waals surface area contributed by atoms with E-state index in [1.54, 1.807) is 29.2 Å². The molecule has 0 unspecified atom stereocenters. The van der Waals surface area contributed by atoms with Gasteiger partial charge in [0.1, 0.15) is 5.75 Å². The molecule has 3 aromatic carbocycles. The van der Waals surface area contributed by atoms with Crippen molar-refractivity contribution >= 4 is 34.2 Å². The van der Waals surface area contributed by atoms with Gasteiger partial charge in [-0.3, -0.25) is 9.59 Å². The first kappa shape index (κ1) is 18.5. The second kappa shape index (κ2) is 8.03. The molecule has 0 spiro atoms. The summed E-state index contributed by atoms with van der Waals surface area (Å²) in [5.74, 6) is 0.107. The van der Waals surface area contributed by atoms with E-state index in [1.165, 1.54) is 0 Å². The highest BCUT2D eigenvalue weighted by Gasteiger charge is 2.29. The minimum absolute atomic E-state index is 0.0296. The van der Waals surface area contributed by atoms with Crippen LogP contribution in [0.3, 0.4) is 0 Å². The van der Waals surface area contributed by atoms with Gasteiger partial charge in [-0.05, 0) is 60.0 Å². The molecular formula is C23H20ClNO3. The predicted molar refractivity (Wildman–Crippen MR) is 110 cm³/mol. The molecule has 1 fully saturated rings. The second-order valence-corrected chi connectivity index (χ2v) is 7.44. The molecule has 0 bridgehead atoms. The fourth-order valence-corrected chi connectivity index (χ4v) is 3.65. The Hall–Kier alpha value is -2.85. The summed E-state index contributed by atoms with van der Waals surface area (Å²) in [6.07, 6.45) is 1.21. The molecule has 0 saturated carbocycles. The van der Waals surface area contributed by atoms with Gasteiger partial charge in [0.25, 0.3) is 5.91 Å². The third-order valence-corrected chi connectivity index (χ3v) is 5.40. The molecule has 5 heteroatoms. The van der Waals surface area contributed by atoms with Gasteiger partial charge in [0.15, 0.2) is 0 Å². The highest BCUT2D eigenvalue weighted by molar-refractivity contribution is 6.30. The second-order valence-electron chi connectivity index (χ2n) is 7.00. The van der Waals surface area contributed by atoms with E-state index in [4.69, 9.17) is 16.3 Å². The summed E-state index contributed by atoms with van der Waals surface area (Å²) in [5, 5.41) is 2.75. The summed E-state index contributed by atoms with van der Waals surface area (Å²) < 4.78 is 5.60. The first-order chi connectivity index (χ1) is 13.6. The zero-order valence-corrected chi connectivity index (χ0v) is 16.1. The SMILES string of the molecule is O=C(Oc1ccc2ccccc2c1)C1CCN(C(=O)c2ccc(Cl)cc2)CC1. The summed E-state index contributed by atoms with van der Waals surface area (Å²) in [6.45, 7) is 1.08. The van der Waals surface area contributed by atoms with Crippen LogP contribution in [0.15, 0.2) is 66.7 Å². The van der Waals surface area contributed by atoms with Gasteiger partial charge in [-0.2, -0.15) is 0 Å². The van der Waals surface area contributed by atoms with E-state index in [1.807, 2.05) is 42.5 Å². The molecule has 0 radical (unpaired) electrons. The van der Waals surface area contributed by atoms with Crippen LogP contribution in [-0.4, -0.2) is 29.9 Å². The number of esters is 1. The normalized spacial score (nSPS) is 14.8. The molecule has 28 heavy (non-hydrogen) atoms. The first-order valence-corrected chi connectivity index (χ1v) is 9.73. The van der Waals surface area contributed by atoms with Gasteiger partial charge >= 0.3 is 5.97 Å². The van der Waals surface area contributed by atoms with Crippen molar-refractivity contribution in [2.75, 3.05) is 13.1 Å². The molecule has 1 heterocycles. The van der Waals surface area contributed by atoms with Crippen molar-refractivity contribution in [2.24, 2.45) is 5.92 Å². The van der Waals surface area contributed by atoms with E-state index in [9.17, 15) is 9.59 Å². The fraction of sp³-hybridized carbons (Fsp3) is 0.217. The smallest absolute Gasteiger partial charge is 0.314 e. The average molecular weight is 394 g/mol. The van der Waals surface area contributed by atoms with Crippen LogP contribution in [0, 0.1) is 5.92 Å².